The van der Waals surface area contributed by atoms with Crippen LogP contribution in [0, 0.1) is 0 Å². The van der Waals surface area contributed by atoms with Crippen LogP contribution in [0.25, 0.3) is 0 Å². The predicted octanol–water partition coefficient (Wildman–Crippen LogP) is 4.30. The number of benzene rings is 2. The topological polar surface area (TPSA) is 38.7 Å². The van der Waals surface area contributed by atoms with Gasteiger partial charge in [0.05, 0.1) is 13.2 Å². The highest BCUT2D eigenvalue weighted by Crippen LogP contribution is 2.30. The third-order valence-corrected chi connectivity index (χ3v) is 3.40. The smallest absolute Gasteiger partial charge is 0.128 e. The maximum Gasteiger partial charge on any atom is 0.128 e. The number of aliphatic hydroxyl groups is 1. The van der Waals surface area contributed by atoms with Gasteiger partial charge < -0.3 is 14.6 Å². The molecule has 100 valence electrons. The summed E-state index contributed by atoms with van der Waals surface area (Å²) in [5, 5.41) is 9.56. The molecule has 2 rings (SSSR count). The van der Waals surface area contributed by atoms with Gasteiger partial charge in [-0.25, -0.2) is 0 Å². The minimum atomic E-state index is -0.510. The van der Waals surface area contributed by atoms with E-state index >= 15 is 0 Å². The average Bonchev–Trinajstić information content (AvgIpc) is 2.39. The molecule has 0 fully saturated rings. The minimum Gasteiger partial charge on any atom is -0.497 e. The predicted molar refractivity (Wildman–Crippen MR) is 77.8 cm³/mol. The SMILES string of the molecule is COc1ccc(Oc2ccc(C(C)O)c(Br)c2)cc1. The number of hydrogen-bond acceptors (Lipinski definition) is 3. The third kappa shape index (κ3) is 3.49. The molecular formula is C15H15BrO3. The van der Waals surface area contributed by atoms with Crippen LogP contribution in [0.1, 0.15) is 18.6 Å². The van der Waals surface area contributed by atoms with Crippen molar-refractivity contribution in [2.45, 2.75) is 13.0 Å². The molecule has 3 nitrogen and oxygen atoms in total. The fraction of sp³-hybridized carbons (Fsp3) is 0.200. The molecule has 0 heterocycles. The van der Waals surface area contributed by atoms with Crippen molar-refractivity contribution < 1.29 is 14.6 Å². The second-order valence-electron chi connectivity index (χ2n) is 4.14. The van der Waals surface area contributed by atoms with E-state index in [1.54, 1.807) is 14.0 Å². The molecule has 0 aliphatic heterocycles. The van der Waals surface area contributed by atoms with E-state index in [0.717, 1.165) is 21.5 Å². The highest BCUT2D eigenvalue weighted by atomic mass is 79.9. The molecule has 0 amide bonds. The molecule has 1 unspecified atom stereocenters. The summed E-state index contributed by atoms with van der Waals surface area (Å²) in [6, 6.07) is 12.9. The lowest BCUT2D eigenvalue weighted by Crippen LogP contribution is -1.93. The van der Waals surface area contributed by atoms with Crippen LogP contribution in [0.5, 0.6) is 17.2 Å². The van der Waals surface area contributed by atoms with Crippen LogP contribution in [0.15, 0.2) is 46.9 Å². The van der Waals surface area contributed by atoms with Gasteiger partial charge in [0.2, 0.25) is 0 Å². The maximum atomic E-state index is 9.56. The van der Waals surface area contributed by atoms with Crippen molar-refractivity contribution in [3.8, 4) is 17.2 Å². The van der Waals surface area contributed by atoms with Gasteiger partial charge in [-0.05, 0) is 48.9 Å². The number of hydrogen-bond donors (Lipinski definition) is 1. The van der Waals surface area contributed by atoms with E-state index in [2.05, 4.69) is 15.9 Å². The minimum absolute atomic E-state index is 0.510. The van der Waals surface area contributed by atoms with Gasteiger partial charge in [0.15, 0.2) is 0 Å². The molecule has 1 atom stereocenters. The van der Waals surface area contributed by atoms with E-state index in [1.165, 1.54) is 0 Å². The molecule has 1 N–H and O–H groups in total. The van der Waals surface area contributed by atoms with Crippen molar-refractivity contribution in [2.24, 2.45) is 0 Å². The van der Waals surface area contributed by atoms with Gasteiger partial charge in [-0.1, -0.05) is 22.0 Å². The molecule has 0 saturated carbocycles. The van der Waals surface area contributed by atoms with Gasteiger partial charge in [-0.3, -0.25) is 0 Å². The molecule has 2 aromatic carbocycles. The number of methoxy groups -OCH3 is 1. The van der Waals surface area contributed by atoms with Crippen molar-refractivity contribution in [3.63, 3.8) is 0 Å². The van der Waals surface area contributed by atoms with Gasteiger partial charge in [-0.15, -0.1) is 0 Å². The molecule has 0 bridgehead atoms. The zero-order valence-electron chi connectivity index (χ0n) is 10.8. The quantitative estimate of drug-likeness (QED) is 0.911. The van der Waals surface area contributed by atoms with Crippen molar-refractivity contribution in [2.75, 3.05) is 7.11 Å². The molecule has 0 radical (unpaired) electrons. The first kappa shape index (κ1) is 13.9. The zero-order valence-corrected chi connectivity index (χ0v) is 12.3. The van der Waals surface area contributed by atoms with Gasteiger partial charge in [-0.2, -0.15) is 0 Å². The van der Waals surface area contributed by atoms with Crippen molar-refractivity contribution in [3.05, 3.63) is 52.5 Å². The molecule has 4 heteroatoms. The Bertz CT molecular complexity index is 550. The van der Waals surface area contributed by atoms with Gasteiger partial charge in [0.25, 0.3) is 0 Å². The zero-order chi connectivity index (χ0) is 13.8. The second kappa shape index (κ2) is 6.08. The lowest BCUT2D eigenvalue weighted by atomic mass is 10.1. The van der Waals surface area contributed by atoms with Crippen LogP contribution >= 0.6 is 15.9 Å². The summed E-state index contributed by atoms with van der Waals surface area (Å²) in [6.07, 6.45) is -0.510. The first-order valence-electron chi connectivity index (χ1n) is 5.89. The molecule has 0 aliphatic rings. The van der Waals surface area contributed by atoms with Crippen molar-refractivity contribution in [1.82, 2.24) is 0 Å². The monoisotopic (exact) mass is 322 g/mol. The number of aliphatic hydroxyl groups excluding tert-OH is 1. The lowest BCUT2D eigenvalue weighted by Gasteiger charge is -2.11. The molecule has 19 heavy (non-hydrogen) atoms. The van der Waals surface area contributed by atoms with E-state index in [1.807, 2.05) is 42.5 Å². The normalized spacial score (nSPS) is 12.0. The van der Waals surface area contributed by atoms with Crippen molar-refractivity contribution in [1.29, 1.82) is 0 Å². The van der Waals surface area contributed by atoms with E-state index in [-0.39, 0.29) is 0 Å². The Morgan fingerprint density at radius 1 is 1.00 bits per heavy atom. The van der Waals surface area contributed by atoms with Crippen LogP contribution < -0.4 is 9.47 Å². The fourth-order valence-electron chi connectivity index (χ4n) is 1.69. The molecule has 0 saturated heterocycles. The van der Waals surface area contributed by atoms with Crippen LogP contribution in [0.4, 0.5) is 0 Å². The van der Waals surface area contributed by atoms with E-state index in [9.17, 15) is 5.11 Å². The Hall–Kier alpha value is -1.52. The Balaban J connectivity index is 2.16. The molecular weight excluding hydrogens is 308 g/mol. The maximum absolute atomic E-state index is 9.56. The Morgan fingerprint density at radius 3 is 2.11 bits per heavy atom. The molecule has 0 spiro atoms. The average molecular weight is 323 g/mol. The first-order valence-corrected chi connectivity index (χ1v) is 6.69. The number of rotatable bonds is 4. The summed E-state index contributed by atoms with van der Waals surface area (Å²) in [5.41, 5.74) is 0.835. The van der Waals surface area contributed by atoms with Crippen LogP contribution in [0.2, 0.25) is 0 Å². The highest BCUT2D eigenvalue weighted by molar-refractivity contribution is 9.10. The number of ether oxygens (including phenoxy) is 2. The largest absolute Gasteiger partial charge is 0.497 e. The lowest BCUT2D eigenvalue weighted by molar-refractivity contribution is 0.198. The summed E-state index contributed by atoms with van der Waals surface area (Å²) in [7, 11) is 1.63. The Morgan fingerprint density at radius 2 is 1.58 bits per heavy atom. The van der Waals surface area contributed by atoms with Crippen LogP contribution in [-0.2, 0) is 0 Å². The van der Waals surface area contributed by atoms with Gasteiger partial charge in [0.1, 0.15) is 17.2 Å². The van der Waals surface area contributed by atoms with E-state index in [0.29, 0.717) is 5.75 Å². The summed E-state index contributed by atoms with van der Waals surface area (Å²) in [5.74, 6) is 2.23. The summed E-state index contributed by atoms with van der Waals surface area (Å²) in [4.78, 5) is 0. The Kier molecular flexibility index (Phi) is 4.45. The van der Waals surface area contributed by atoms with Crippen molar-refractivity contribution >= 4 is 15.9 Å². The number of halogens is 1. The van der Waals surface area contributed by atoms with Crippen LogP contribution in [-0.4, -0.2) is 12.2 Å². The molecule has 2 aromatic rings. The second-order valence-corrected chi connectivity index (χ2v) is 4.99. The third-order valence-electron chi connectivity index (χ3n) is 2.72. The Labute approximate surface area is 120 Å². The van der Waals surface area contributed by atoms with Crippen LogP contribution in [0.3, 0.4) is 0 Å². The standard InChI is InChI=1S/C15H15BrO3/c1-10(17)14-8-7-13(9-15(14)16)19-12-5-3-11(18-2)4-6-12/h3-10,17H,1-2H3. The van der Waals surface area contributed by atoms with Gasteiger partial charge >= 0.3 is 0 Å². The summed E-state index contributed by atoms with van der Waals surface area (Å²) in [6.45, 7) is 1.73. The highest BCUT2D eigenvalue weighted by Gasteiger charge is 2.07. The molecule has 0 aliphatic carbocycles. The van der Waals surface area contributed by atoms with E-state index < -0.39 is 6.10 Å². The first-order chi connectivity index (χ1) is 9.10. The fourth-order valence-corrected chi connectivity index (χ4v) is 2.38. The van der Waals surface area contributed by atoms with Gasteiger partial charge in [0, 0.05) is 4.47 Å². The summed E-state index contributed by atoms with van der Waals surface area (Å²) < 4.78 is 11.6. The summed E-state index contributed by atoms with van der Waals surface area (Å²) >= 11 is 3.42. The van der Waals surface area contributed by atoms with E-state index in [4.69, 9.17) is 9.47 Å². The molecule has 0 aromatic heterocycles.